The van der Waals surface area contributed by atoms with Crippen molar-refractivity contribution in [3.05, 3.63) is 59.7 Å². The zero-order chi connectivity index (χ0) is 12.1. The average molecular weight is 226 g/mol. The lowest BCUT2D eigenvalue weighted by Crippen LogP contribution is -2.01. The van der Waals surface area contributed by atoms with E-state index in [0.29, 0.717) is 12.0 Å². The van der Waals surface area contributed by atoms with Crippen LogP contribution >= 0.6 is 0 Å². The summed E-state index contributed by atoms with van der Waals surface area (Å²) < 4.78 is 0. The van der Waals surface area contributed by atoms with Crippen molar-refractivity contribution in [3.8, 4) is 0 Å². The molecule has 1 aromatic carbocycles. The van der Waals surface area contributed by atoms with Crippen molar-refractivity contribution < 1.29 is 9.59 Å². The largest absolute Gasteiger partial charge is 0.295 e. The van der Waals surface area contributed by atoms with Crippen LogP contribution in [-0.4, -0.2) is 11.6 Å². The molecule has 0 aromatic heterocycles. The molecular formula is C15H14O2. The lowest BCUT2D eigenvalue weighted by Gasteiger charge is -2.07. The number of ketones is 2. The first-order valence-corrected chi connectivity index (χ1v) is 5.76. The second-order valence-corrected chi connectivity index (χ2v) is 4.10. The van der Waals surface area contributed by atoms with E-state index in [2.05, 4.69) is 0 Å². The van der Waals surface area contributed by atoms with E-state index in [-0.39, 0.29) is 11.6 Å². The number of hydrogen-bond donors (Lipinski definition) is 0. The fraction of sp³-hybridized carbons (Fsp3) is 0.200. The summed E-state index contributed by atoms with van der Waals surface area (Å²) in [7, 11) is 0. The second kappa shape index (κ2) is 5.39. The van der Waals surface area contributed by atoms with E-state index in [0.717, 1.165) is 18.4 Å². The van der Waals surface area contributed by atoms with Crippen molar-refractivity contribution in [2.75, 3.05) is 0 Å². The van der Waals surface area contributed by atoms with Gasteiger partial charge in [0.1, 0.15) is 0 Å². The number of benzene rings is 1. The van der Waals surface area contributed by atoms with Crippen molar-refractivity contribution >= 4 is 11.6 Å². The Morgan fingerprint density at radius 2 is 1.88 bits per heavy atom. The van der Waals surface area contributed by atoms with E-state index >= 15 is 0 Å². The maximum absolute atomic E-state index is 11.8. The van der Waals surface area contributed by atoms with Crippen LogP contribution in [0.5, 0.6) is 0 Å². The van der Waals surface area contributed by atoms with Crippen molar-refractivity contribution in [3.63, 3.8) is 0 Å². The van der Waals surface area contributed by atoms with Crippen LogP contribution in [0.1, 0.15) is 29.6 Å². The maximum Gasteiger partial charge on any atom is 0.185 e. The minimum atomic E-state index is -0.0236. The van der Waals surface area contributed by atoms with E-state index in [1.807, 2.05) is 18.2 Å². The lowest BCUT2D eigenvalue weighted by atomic mass is 9.98. The molecular weight excluding hydrogens is 212 g/mol. The van der Waals surface area contributed by atoms with E-state index in [1.165, 1.54) is 0 Å². The number of carbonyl (C=O) groups excluding carboxylic acids is 2. The van der Waals surface area contributed by atoms with Gasteiger partial charge in [0, 0.05) is 12.0 Å². The molecule has 0 radical (unpaired) electrons. The summed E-state index contributed by atoms with van der Waals surface area (Å²) in [5.41, 5.74) is 1.62. The highest BCUT2D eigenvalue weighted by molar-refractivity contribution is 6.04. The molecule has 1 aliphatic rings. The van der Waals surface area contributed by atoms with Gasteiger partial charge in [-0.1, -0.05) is 36.4 Å². The highest BCUT2D eigenvalue weighted by Crippen LogP contribution is 2.16. The quantitative estimate of drug-likeness (QED) is 0.586. The molecule has 2 heteroatoms. The molecule has 0 heterocycles. The van der Waals surface area contributed by atoms with Gasteiger partial charge in [0.05, 0.1) is 0 Å². The third-order valence-corrected chi connectivity index (χ3v) is 2.74. The van der Waals surface area contributed by atoms with Gasteiger partial charge in [-0.05, 0) is 30.6 Å². The van der Waals surface area contributed by atoms with Gasteiger partial charge in [-0.15, -0.1) is 0 Å². The summed E-state index contributed by atoms with van der Waals surface area (Å²) in [5.74, 6) is 0.132. The van der Waals surface area contributed by atoms with Crippen LogP contribution in [0.2, 0.25) is 0 Å². The molecule has 0 spiro atoms. The molecule has 0 aliphatic heterocycles. The van der Waals surface area contributed by atoms with Crippen LogP contribution < -0.4 is 0 Å². The SMILES string of the molecule is O=C1C=C(/C=C/C(=O)c2ccccc2)CCC1. The standard InChI is InChI=1S/C15H14O2/c16-14-8-4-5-12(11-14)9-10-15(17)13-6-2-1-3-7-13/h1-3,6-7,9-11H,4-5,8H2/b10-9+. The zero-order valence-corrected chi connectivity index (χ0v) is 9.56. The summed E-state index contributed by atoms with van der Waals surface area (Å²) in [6.45, 7) is 0. The molecule has 2 nitrogen and oxygen atoms in total. The molecule has 0 bridgehead atoms. The highest BCUT2D eigenvalue weighted by atomic mass is 16.1. The predicted octanol–water partition coefficient (Wildman–Crippen LogP) is 3.10. The third kappa shape index (κ3) is 3.25. The van der Waals surface area contributed by atoms with E-state index < -0.39 is 0 Å². The Hall–Kier alpha value is -1.96. The summed E-state index contributed by atoms with van der Waals surface area (Å²) in [4.78, 5) is 23.0. The molecule has 0 fully saturated rings. The summed E-state index contributed by atoms with van der Waals surface area (Å²) in [6, 6.07) is 9.12. The molecule has 1 aromatic rings. The van der Waals surface area contributed by atoms with Gasteiger partial charge in [0.15, 0.2) is 11.6 Å². The Labute approximate surface area is 101 Å². The van der Waals surface area contributed by atoms with Gasteiger partial charge in [0.2, 0.25) is 0 Å². The van der Waals surface area contributed by atoms with Gasteiger partial charge < -0.3 is 0 Å². The molecule has 1 aliphatic carbocycles. The molecule has 0 saturated heterocycles. The average Bonchev–Trinajstić information content (AvgIpc) is 2.37. The molecule has 0 N–H and O–H groups in total. The summed E-state index contributed by atoms with van der Waals surface area (Å²) >= 11 is 0. The Morgan fingerprint density at radius 3 is 2.59 bits per heavy atom. The van der Waals surface area contributed by atoms with Gasteiger partial charge in [-0.25, -0.2) is 0 Å². The Morgan fingerprint density at radius 1 is 1.12 bits per heavy atom. The Balaban J connectivity index is 2.06. The first-order chi connectivity index (χ1) is 8.25. The van der Waals surface area contributed by atoms with Gasteiger partial charge in [-0.3, -0.25) is 9.59 Å². The Kier molecular flexibility index (Phi) is 3.66. The van der Waals surface area contributed by atoms with Crippen molar-refractivity contribution in [2.45, 2.75) is 19.3 Å². The smallest absolute Gasteiger partial charge is 0.185 e. The van der Waals surface area contributed by atoms with Crippen molar-refractivity contribution in [2.24, 2.45) is 0 Å². The molecule has 0 saturated carbocycles. The molecule has 86 valence electrons. The zero-order valence-electron chi connectivity index (χ0n) is 9.56. The van der Waals surface area contributed by atoms with Crippen LogP contribution in [0, 0.1) is 0 Å². The predicted molar refractivity (Wildman–Crippen MR) is 66.9 cm³/mol. The highest BCUT2D eigenvalue weighted by Gasteiger charge is 2.08. The number of rotatable bonds is 3. The molecule has 2 rings (SSSR count). The topological polar surface area (TPSA) is 34.1 Å². The first-order valence-electron chi connectivity index (χ1n) is 5.76. The number of hydrogen-bond acceptors (Lipinski definition) is 2. The van der Waals surface area contributed by atoms with E-state index in [1.54, 1.807) is 30.4 Å². The fourth-order valence-electron chi connectivity index (χ4n) is 1.83. The summed E-state index contributed by atoms with van der Waals surface area (Å²) in [5, 5.41) is 0. The number of allylic oxidation sites excluding steroid dienone is 4. The van der Waals surface area contributed by atoms with Crippen LogP contribution in [0.3, 0.4) is 0 Å². The van der Waals surface area contributed by atoms with Gasteiger partial charge in [-0.2, -0.15) is 0 Å². The fourth-order valence-corrected chi connectivity index (χ4v) is 1.83. The van der Waals surface area contributed by atoms with Crippen LogP contribution in [-0.2, 0) is 4.79 Å². The summed E-state index contributed by atoms with van der Waals surface area (Å²) in [6.07, 6.45) is 7.33. The minimum Gasteiger partial charge on any atom is -0.295 e. The van der Waals surface area contributed by atoms with E-state index in [4.69, 9.17) is 0 Å². The molecule has 0 amide bonds. The Bertz CT molecular complexity index is 481. The molecule has 17 heavy (non-hydrogen) atoms. The van der Waals surface area contributed by atoms with Crippen LogP contribution in [0.25, 0.3) is 0 Å². The van der Waals surface area contributed by atoms with E-state index in [9.17, 15) is 9.59 Å². The second-order valence-electron chi connectivity index (χ2n) is 4.10. The van der Waals surface area contributed by atoms with Crippen molar-refractivity contribution in [1.29, 1.82) is 0 Å². The van der Waals surface area contributed by atoms with Crippen LogP contribution in [0.15, 0.2) is 54.1 Å². The lowest BCUT2D eigenvalue weighted by molar-refractivity contribution is -0.115. The normalized spacial score (nSPS) is 16.0. The van der Waals surface area contributed by atoms with Gasteiger partial charge >= 0.3 is 0 Å². The van der Waals surface area contributed by atoms with Gasteiger partial charge in [0.25, 0.3) is 0 Å². The van der Waals surface area contributed by atoms with Crippen molar-refractivity contribution in [1.82, 2.24) is 0 Å². The maximum atomic E-state index is 11.8. The van der Waals surface area contributed by atoms with Crippen LogP contribution in [0.4, 0.5) is 0 Å². The first kappa shape index (κ1) is 11.5. The molecule has 0 atom stereocenters. The monoisotopic (exact) mass is 226 g/mol. The third-order valence-electron chi connectivity index (χ3n) is 2.74. The number of carbonyl (C=O) groups is 2. The molecule has 0 unspecified atom stereocenters. The minimum absolute atomic E-state index is 0.0236.